The lowest BCUT2D eigenvalue weighted by Gasteiger charge is -2.26. The van der Waals surface area contributed by atoms with Crippen LogP contribution in [0.4, 0.5) is 5.82 Å². The van der Waals surface area contributed by atoms with Crippen molar-refractivity contribution in [3.05, 3.63) is 41.7 Å². The number of rotatable bonds is 10. The molecule has 0 spiro atoms. The summed E-state index contributed by atoms with van der Waals surface area (Å²) in [5, 5.41) is 6.42. The van der Waals surface area contributed by atoms with Gasteiger partial charge in [0.05, 0.1) is 12.7 Å². The molecular formula is C20H28N4O4. The standard InChI is InChI=1S/C20H28N4O4/c1-5-23(6-2)11-12-24(14-19(25)21-18-13-15(3)28-22-18)20(26)16-9-7-8-10-17(16)27-4/h7-10,13H,5-6,11-12,14H2,1-4H3,(H,21,22,25). The summed E-state index contributed by atoms with van der Waals surface area (Å²) in [4.78, 5) is 29.3. The molecular weight excluding hydrogens is 360 g/mol. The molecule has 1 heterocycles. The first-order chi connectivity index (χ1) is 13.5. The molecule has 152 valence electrons. The summed E-state index contributed by atoms with van der Waals surface area (Å²) in [6.07, 6.45) is 0. The molecule has 0 aliphatic rings. The van der Waals surface area contributed by atoms with Crippen LogP contribution in [0.25, 0.3) is 0 Å². The number of ether oxygens (including phenoxy) is 1. The van der Waals surface area contributed by atoms with Crippen molar-refractivity contribution in [1.82, 2.24) is 15.0 Å². The van der Waals surface area contributed by atoms with Crippen LogP contribution in [0.1, 0.15) is 30.0 Å². The van der Waals surface area contributed by atoms with Gasteiger partial charge in [-0.2, -0.15) is 0 Å². The van der Waals surface area contributed by atoms with Crippen LogP contribution in [0.15, 0.2) is 34.9 Å². The van der Waals surface area contributed by atoms with Gasteiger partial charge in [-0.15, -0.1) is 0 Å². The highest BCUT2D eigenvalue weighted by molar-refractivity contribution is 6.00. The Kier molecular flexibility index (Phi) is 8.01. The zero-order chi connectivity index (χ0) is 20.5. The van der Waals surface area contributed by atoms with Gasteiger partial charge in [0.15, 0.2) is 5.82 Å². The number of hydrogen-bond acceptors (Lipinski definition) is 6. The summed E-state index contributed by atoms with van der Waals surface area (Å²) in [6, 6.07) is 8.63. The molecule has 0 atom stereocenters. The van der Waals surface area contributed by atoms with Gasteiger partial charge in [0.2, 0.25) is 5.91 Å². The summed E-state index contributed by atoms with van der Waals surface area (Å²) in [6.45, 7) is 8.61. The van der Waals surface area contributed by atoms with Gasteiger partial charge in [0.25, 0.3) is 5.91 Å². The summed E-state index contributed by atoms with van der Waals surface area (Å²) in [5.74, 6) is 0.815. The van der Waals surface area contributed by atoms with E-state index in [2.05, 4.69) is 29.2 Å². The second kappa shape index (κ2) is 10.5. The number of para-hydroxylation sites is 1. The van der Waals surface area contributed by atoms with Gasteiger partial charge in [-0.05, 0) is 32.1 Å². The van der Waals surface area contributed by atoms with Crippen molar-refractivity contribution in [1.29, 1.82) is 0 Å². The normalized spacial score (nSPS) is 10.8. The quantitative estimate of drug-likeness (QED) is 0.672. The van der Waals surface area contributed by atoms with Crippen LogP contribution in [0.5, 0.6) is 5.75 Å². The van der Waals surface area contributed by atoms with Gasteiger partial charge in [0.1, 0.15) is 18.1 Å². The van der Waals surface area contributed by atoms with Crippen LogP contribution < -0.4 is 10.1 Å². The molecule has 28 heavy (non-hydrogen) atoms. The number of anilines is 1. The van der Waals surface area contributed by atoms with E-state index in [1.54, 1.807) is 37.3 Å². The molecule has 1 aromatic carbocycles. The minimum Gasteiger partial charge on any atom is -0.496 e. The first-order valence-corrected chi connectivity index (χ1v) is 9.36. The van der Waals surface area contributed by atoms with Crippen molar-refractivity contribution < 1.29 is 18.8 Å². The maximum Gasteiger partial charge on any atom is 0.258 e. The van der Waals surface area contributed by atoms with E-state index in [4.69, 9.17) is 9.26 Å². The molecule has 1 N–H and O–H groups in total. The molecule has 1 aromatic heterocycles. The highest BCUT2D eigenvalue weighted by Gasteiger charge is 2.22. The van der Waals surface area contributed by atoms with Gasteiger partial charge in [-0.25, -0.2) is 0 Å². The summed E-state index contributed by atoms with van der Waals surface area (Å²) in [7, 11) is 1.52. The molecule has 0 bridgehead atoms. The Morgan fingerprint density at radius 2 is 1.89 bits per heavy atom. The van der Waals surface area contributed by atoms with Crippen molar-refractivity contribution in [3.8, 4) is 5.75 Å². The van der Waals surface area contributed by atoms with Crippen LogP contribution in [-0.4, -0.2) is 66.6 Å². The number of aromatic nitrogens is 1. The van der Waals surface area contributed by atoms with Crippen molar-refractivity contribution in [2.75, 3.05) is 45.2 Å². The third kappa shape index (κ3) is 5.82. The number of benzene rings is 1. The molecule has 0 saturated carbocycles. The zero-order valence-corrected chi connectivity index (χ0v) is 16.9. The molecule has 0 unspecified atom stereocenters. The Bertz CT molecular complexity index is 786. The fourth-order valence-corrected chi connectivity index (χ4v) is 2.83. The maximum atomic E-state index is 13.1. The first-order valence-electron chi connectivity index (χ1n) is 9.36. The first kappa shape index (κ1) is 21.4. The lowest BCUT2D eigenvalue weighted by Crippen LogP contribution is -2.43. The maximum absolute atomic E-state index is 13.1. The largest absolute Gasteiger partial charge is 0.496 e. The summed E-state index contributed by atoms with van der Waals surface area (Å²) >= 11 is 0. The highest BCUT2D eigenvalue weighted by Crippen LogP contribution is 2.19. The SMILES string of the molecule is CCN(CC)CCN(CC(=O)Nc1cc(C)on1)C(=O)c1ccccc1OC. The lowest BCUT2D eigenvalue weighted by molar-refractivity contribution is -0.117. The second-order valence-corrected chi connectivity index (χ2v) is 6.32. The van der Waals surface area contributed by atoms with Crippen molar-refractivity contribution >= 4 is 17.6 Å². The minimum absolute atomic E-state index is 0.0932. The Labute approximate surface area is 165 Å². The van der Waals surface area contributed by atoms with Gasteiger partial charge in [-0.1, -0.05) is 31.1 Å². The number of hydrogen-bond donors (Lipinski definition) is 1. The van der Waals surface area contributed by atoms with Crippen LogP contribution >= 0.6 is 0 Å². The van der Waals surface area contributed by atoms with E-state index in [9.17, 15) is 9.59 Å². The minimum atomic E-state index is -0.337. The summed E-state index contributed by atoms with van der Waals surface area (Å²) < 4.78 is 10.3. The van der Waals surface area contributed by atoms with Crippen LogP contribution in [0.2, 0.25) is 0 Å². The van der Waals surface area contributed by atoms with Crippen molar-refractivity contribution in [2.24, 2.45) is 0 Å². The fraction of sp³-hybridized carbons (Fsp3) is 0.450. The Morgan fingerprint density at radius 1 is 1.18 bits per heavy atom. The molecule has 8 heteroatoms. The zero-order valence-electron chi connectivity index (χ0n) is 16.9. The number of nitrogens with zero attached hydrogens (tertiary/aromatic N) is 3. The molecule has 0 radical (unpaired) electrons. The van der Waals surface area contributed by atoms with Gasteiger partial charge in [0, 0.05) is 19.2 Å². The third-order valence-corrected chi connectivity index (χ3v) is 4.44. The van der Waals surface area contributed by atoms with E-state index in [1.807, 2.05) is 0 Å². The molecule has 0 fully saturated rings. The van der Waals surface area contributed by atoms with Gasteiger partial charge in [-0.3, -0.25) is 9.59 Å². The molecule has 2 aromatic rings. The Morgan fingerprint density at radius 3 is 2.50 bits per heavy atom. The lowest BCUT2D eigenvalue weighted by atomic mass is 10.1. The van der Waals surface area contributed by atoms with E-state index in [0.29, 0.717) is 36.0 Å². The number of carbonyl (C=O) groups is 2. The van der Waals surface area contributed by atoms with Crippen molar-refractivity contribution in [2.45, 2.75) is 20.8 Å². The predicted octanol–water partition coefficient (Wildman–Crippen LogP) is 2.41. The molecule has 0 aliphatic carbocycles. The molecule has 8 nitrogen and oxygen atoms in total. The van der Waals surface area contributed by atoms with E-state index < -0.39 is 0 Å². The monoisotopic (exact) mass is 388 g/mol. The topological polar surface area (TPSA) is 87.9 Å². The Hall–Kier alpha value is -2.87. The summed E-state index contributed by atoms with van der Waals surface area (Å²) in [5.41, 5.74) is 0.426. The van der Waals surface area contributed by atoms with Gasteiger partial charge >= 0.3 is 0 Å². The predicted molar refractivity (Wildman–Crippen MR) is 107 cm³/mol. The van der Waals surface area contributed by atoms with Crippen molar-refractivity contribution in [3.63, 3.8) is 0 Å². The number of aryl methyl sites for hydroxylation is 1. The van der Waals surface area contributed by atoms with Crippen LogP contribution in [0.3, 0.4) is 0 Å². The molecule has 2 rings (SSSR count). The average molecular weight is 388 g/mol. The van der Waals surface area contributed by atoms with Crippen LogP contribution in [0, 0.1) is 6.92 Å². The number of carbonyl (C=O) groups excluding carboxylic acids is 2. The van der Waals surface area contributed by atoms with Gasteiger partial charge < -0.3 is 24.4 Å². The van der Waals surface area contributed by atoms with E-state index >= 15 is 0 Å². The third-order valence-electron chi connectivity index (χ3n) is 4.44. The second-order valence-electron chi connectivity index (χ2n) is 6.32. The molecule has 0 aliphatic heterocycles. The molecule has 2 amide bonds. The molecule has 0 saturated heterocycles. The van der Waals surface area contributed by atoms with E-state index in [-0.39, 0.29) is 18.4 Å². The highest BCUT2D eigenvalue weighted by atomic mass is 16.5. The average Bonchev–Trinajstić information content (AvgIpc) is 3.11. The number of likely N-dealkylation sites (N-methyl/N-ethyl adjacent to an activating group) is 1. The number of nitrogens with one attached hydrogen (secondary N) is 1. The smallest absolute Gasteiger partial charge is 0.258 e. The van der Waals surface area contributed by atoms with Crippen LogP contribution in [-0.2, 0) is 4.79 Å². The number of methoxy groups -OCH3 is 1. The van der Waals surface area contributed by atoms with E-state index in [0.717, 1.165) is 13.1 Å². The van der Waals surface area contributed by atoms with E-state index in [1.165, 1.54) is 12.0 Å². The number of amides is 2. The Balaban J connectivity index is 2.15. The fourth-order valence-electron chi connectivity index (χ4n) is 2.83.